The molecule has 2 atom stereocenters. The van der Waals surface area contributed by atoms with E-state index >= 15 is 0 Å². The summed E-state index contributed by atoms with van der Waals surface area (Å²) in [6.45, 7) is 0.230. The van der Waals surface area contributed by atoms with Crippen molar-refractivity contribution in [2.75, 3.05) is 6.54 Å². The van der Waals surface area contributed by atoms with Crippen LogP contribution in [-0.4, -0.2) is 34.0 Å². The first-order chi connectivity index (χ1) is 12.6. The average molecular weight is 350 g/mol. The number of hydrogen-bond donors (Lipinski definition) is 1. The summed E-state index contributed by atoms with van der Waals surface area (Å²) in [5.41, 5.74) is -1.82. The maximum absolute atomic E-state index is 13.5. The lowest BCUT2D eigenvalue weighted by molar-refractivity contribution is -0.171. The highest BCUT2D eigenvalue weighted by Crippen LogP contribution is 2.52. The molecule has 134 valence electrons. The maximum atomic E-state index is 13.5. The Morgan fingerprint density at radius 3 is 2.50 bits per heavy atom. The van der Waals surface area contributed by atoms with Crippen molar-refractivity contribution in [2.24, 2.45) is 10.4 Å². The Kier molecular flexibility index (Phi) is 5.06. The second kappa shape index (κ2) is 7.27. The van der Waals surface area contributed by atoms with E-state index in [-0.39, 0.29) is 31.7 Å². The van der Waals surface area contributed by atoms with Crippen LogP contribution in [0.1, 0.15) is 50.5 Å². The van der Waals surface area contributed by atoms with Crippen molar-refractivity contribution >= 4 is 11.7 Å². The molecule has 1 aromatic rings. The van der Waals surface area contributed by atoms with Crippen LogP contribution in [0, 0.1) is 28.1 Å². The molecule has 0 spiro atoms. The fourth-order valence-electron chi connectivity index (χ4n) is 4.15. The molecule has 1 aromatic carbocycles. The summed E-state index contributed by atoms with van der Waals surface area (Å²) < 4.78 is 0. The lowest BCUT2D eigenvalue weighted by Gasteiger charge is -2.52. The highest BCUT2D eigenvalue weighted by atomic mass is 16.3. The van der Waals surface area contributed by atoms with Crippen LogP contribution in [0.15, 0.2) is 35.3 Å². The summed E-state index contributed by atoms with van der Waals surface area (Å²) in [6, 6.07) is 13.5. The van der Waals surface area contributed by atoms with Crippen molar-refractivity contribution in [2.45, 2.75) is 50.7 Å². The van der Waals surface area contributed by atoms with Crippen LogP contribution < -0.4 is 0 Å². The van der Waals surface area contributed by atoms with Crippen LogP contribution in [0.5, 0.6) is 0 Å². The third-order valence-corrected chi connectivity index (χ3v) is 5.49. The second-order valence-electron chi connectivity index (χ2n) is 6.93. The third kappa shape index (κ3) is 2.87. The van der Waals surface area contributed by atoms with E-state index in [1.54, 1.807) is 0 Å². The molecule has 3 rings (SSSR count). The van der Waals surface area contributed by atoms with Crippen LogP contribution in [0.2, 0.25) is 0 Å². The molecule has 1 saturated carbocycles. The van der Waals surface area contributed by atoms with E-state index in [4.69, 9.17) is 10.5 Å². The number of rotatable bonds is 5. The van der Waals surface area contributed by atoms with Crippen LogP contribution in [0.4, 0.5) is 0 Å². The molecule has 1 N–H and O–H groups in total. The molecule has 6 nitrogen and oxygen atoms in total. The number of nitriles is 2. The van der Waals surface area contributed by atoms with E-state index in [1.807, 2.05) is 30.3 Å². The summed E-state index contributed by atoms with van der Waals surface area (Å²) in [4.78, 5) is 19.8. The van der Waals surface area contributed by atoms with Gasteiger partial charge in [-0.25, -0.2) is 4.99 Å². The fourth-order valence-corrected chi connectivity index (χ4v) is 4.15. The lowest BCUT2D eigenvalue weighted by atomic mass is 9.63. The van der Waals surface area contributed by atoms with Gasteiger partial charge in [-0.3, -0.25) is 9.69 Å². The zero-order chi connectivity index (χ0) is 18.6. The Bertz CT molecular complexity index is 792. The summed E-state index contributed by atoms with van der Waals surface area (Å²) >= 11 is 0. The van der Waals surface area contributed by atoms with Crippen molar-refractivity contribution in [3.63, 3.8) is 0 Å². The van der Waals surface area contributed by atoms with Crippen molar-refractivity contribution in [1.29, 1.82) is 10.5 Å². The van der Waals surface area contributed by atoms with E-state index in [0.717, 1.165) is 18.4 Å². The molecule has 2 aliphatic rings. The Labute approximate surface area is 153 Å². The Morgan fingerprint density at radius 1 is 1.12 bits per heavy atom. The average Bonchev–Trinajstić information content (AvgIpc) is 2.67. The van der Waals surface area contributed by atoms with Gasteiger partial charge in [0, 0.05) is 18.5 Å². The van der Waals surface area contributed by atoms with Gasteiger partial charge in [0.1, 0.15) is 5.84 Å². The highest BCUT2D eigenvalue weighted by molar-refractivity contribution is 6.11. The molecule has 1 aliphatic carbocycles. The number of benzene rings is 1. The molecule has 1 heterocycles. The van der Waals surface area contributed by atoms with Gasteiger partial charge in [0.2, 0.25) is 5.91 Å². The Hall–Kier alpha value is -2.70. The molecule has 6 heteroatoms. The fraction of sp³-hybridized carbons (Fsp3) is 0.500. The number of aliphatic hydroxyl groups is 1. The number of carbonyl (C=O) groups excluding carboxylic acids is 1. The van der Waals surface area contributed by atoms with Crippen LogP contribution in [0.25, 0.3) is 0 Å². The van der Waals surface area contributed by atoms with Crippen molar-refractivity contribution in [3.05, 3.63) is 35.9 Å². The predicted molar refractivity (Wildman–Crippen MR) is 95.6 cm³/mol. The number of hydrogen-bond acceptors (Lipinski definition) is 5. The van der Waals surface area contributed by atoms with Gasteiger partial charge in [-0.1, -0.05) is 36.8 Å². The minimum Gasteiger partial charge on any atom is -0.368 e. The first kappa shape index (κ1) is 18.1. The van der Waals surface area contributed by atoms with Gasteiger partial charge in [0.25, 0.3) is 0 Å². The molecule has 0 saturated heterocycles. The predicted octanol–water partition coefficient (Wildman–Crippen LogP) is 2.74. The van der Waals surface area contributed by atoms with Crippen LogP contribution in [-0.2, 0) is 4.79 Å². The van der Waals surface area contributed by atoms with Crippen molar-refractivity contribution in [3.8, 4) is 12.1 Å². The maximum Gasteiger partial charge on any atom is 0.239 e. The van der Waals surface area contributed by atoms with Gasteiger partial charge >= 0.3 is 0 Å². The third-order valence-electron chi connectivity index (χ3n) is 5.49. The lowest BCUT2D eigenvalue weighted by Crippen LogP contribution is -2.64. The summed E-state index contributed by atoms with van der Waals surface area (Å²) in [5.74, 6) is 0.210. The van der Waals surface area contributed by atoms with Crippen LogP contribution in [0.3, 0.4) is 0 Å². The van der Waals surface area contributed by atoms with Crippen molar-refractivity contribution < 1.29 is 9.90 Å². The largest absolute Gasteiger partial charge is 0.368 e. The molecule has 0 aromatic heterocycles. The van der Waals surface area contributed by atoms with Gasteiger partial charge in [0.05, 0.1) is 24.0 Å². The Balaban J connectivity index is 2.14. The van der Waals surface area contributed by atoms with Gasteiger partial charge in [-0.2, -0.15) is 10.5 Å². The highest BCUT2D eigenvalue weighted by Gasteiger charge is 2.61. The second-order valence-corrected chi connectivity index (χ2v) is 6.93. The Morgan fingerprint density at radius 2 is 1.81 bits per heavy atom. The summed E-state index contributed by atoms with van der Waals surface area (Å²) in [6.07, 6.45) is 3.20. The van der Waals surface area contributed by atoms with Gasteiger partial charge in [0.15, 0.2) is 5.72 Å². The standard InChI is InChI=1S/C20H22N4O2/c21-13-6-11-19-10-4-5-12-20(19,26)23-17(16-8-2-1-3-9-16)24(18(19)25)15-7-14-22/h1-3,8-9,26H,4-7,10-12,15H2/t19-,20+/m1/s1. The van der Waals surface area contributed by atoms with Gasteiger partial charge in [-0.15, -0.1) is 0 Å². The normalized spacial score (nSPS) is 27.9. The van der Waals surface area contributed by atoms with E-state index in [9.17, 15) is 9.90 Å². The zero-order valence-corrected chi connectivity index (χ0v) is 14.7. The summed E-state index contributed by atoms with van der Waals surface area (Å²) in [7, 11) is 0. The van der Waals surface area contributed by atoms with Crippen LogP contribution >= 0.6 is 0 Å². The van der Waals surface area contributed by atoms with E-state index < -0.39 is 11.1 Å². The topological polar surface area (TPSA) is 100 Å². The monoisotopic (exact) mass is 350 g/mol. The molecule has 1 aliphatic heterocycles. The first-order valence-electron chi connectivity index (χ1n) is 9.01. The zero-order valence-electron chi connectivity index (χ0n) is 14.7. The molecule has 0 unspecified atom stereocenters. The molecular weight excluding hydrogens is 328 g/mol. The van der Waals surface area contributed by atoms with E-state index in [1.165, 1.54) is 4.90 Å². The number of nitrogens with zero attached hydrogens (tertiary/aromatic N) is 4. The first-order valence-corrected chi connectivity index (χ1v) is 9.01. The number of fused-ring (bicyclic) bond motifs is 1. The SMILES string of the molecule is N#CCCN1C(=O)[C@]2(CCC#N)CCCC[C@@]2(O)N=C1c1ccccc1. The number of aliphatic imine (C=N–C) groups is 1. The van der Waals surface area contributed by atoms with E-state index in [0.29, 0.717) is 18.7 Å². The summed E-state index contributed by atoms with van der Waals surface area (Å²) in [5, 5.41) is 29.5. The molecule has 26 heavy (non-hydrogen) atoms. The number of carbonyl (C=O) groups is 1. The minimum absolute atomic E-state index is 0.185. The molecule has 1 amide bonds. The van der Waals surface area contributed by atoms with Crippen molar-refractivity contribution in [1.82, 2.24) is 4.90 Å². The molecular formula is C20H22N4O2. The number of amidine groups is 1. The van der Waals surface area contributed by atoms with Gasteiger partial charge < -0.3 is 5.11 Å². The number of amides is 1. The van der Waals surface area contributed by atoms with E-state index in [2.05, 4.69) is 17.1 Å². The smallest absolute Gasteiger partial charge is 0.239 e. The quantitative estimate of drug-likeness (QED) is 0.882. The molecule has 0 bridgehead atoms. The minimum atomic E-state index is -1.49. The van der Waals surface area contributed by atoms with Gasteiger partial charge in [-0.05, 0) is 25.7 Å². The molecule has 1 fully saturated rings. The molecule has 0 radical (unpaired) electrons.